The van der Waals surface area contributed by atoms with Crippen molar-refractivity contribution in [1.29, 1.82) is 0 Å². The zero-order valence-electron chi connectivity index (χ0n) is 7.32. The number of likely N-dealkylation sites (tertiary alicyclic amines) is 1. The van der Waals surface area contributed by atoms with Crippen LogP contribution in [0.5, 0.6) is 0 Å². The van der Waals surface area contributed by atoms with E-state index in [2.05, 4.69) is 0 Å². The van der Waals surface area contributed by atoms with Gasteiger partial charge in [-0.25, -0.2) is 0 Å². The van der Waals surface area contributed by atoms with Crippen molar-refractivity contribution in [2.45, 2.75) is 19.4 Å². The van der Waals surface area contributed by atoms with Gasteiger partial charge < -0.3 is 9.84 Å². The van der Waals surface area contributed by atoms with Gasteiger partial charge in [0.1, 0.15) is 6.61 Å². The number of aliphatic hydroxyl groups is 1. The quantitative estimate of drug-likeness (QED) is 0.588. The molecule has 0 aliphatic carbocycles. The van der Waals surface area contributed by atoms with Gasteiger partial charge >= 0.3 is 5.97 Å². The number of ether oxygens (including phenoxy) is 1. The lowest BCUT2D eigenvalue weighted by atomic mass is 10.2. The predicted octanol–water partition coefficient (Wildman–Crippen LogP) is -0.384. The molecule has 0 spiro atoms. The highest BCUT2D eigenvalue weighted by atomic mass is 16.5. The molecule has 1 saturated heterocycles. The lowest BCUT2D eigenvalue weighted by molar-refractivity contribution is -0.144. The van der Waals surface area contributed by atoms with Crippen LogP contribution in [0, 0.1) is 0 Å². The normalized spacial score (nSPS) is 18.8. The van der Waals surface area contributed by atoms with Gasteiger partial charge in [-0.15, -0.1) is 0 Å². The highest BCUT2D eigenvalue weighted by Gasteiger charge is 2.23. The van der Waals surface area contributed by atoms with E-state index in [-0.39, 0.29) is 12.1 Å². The molecular weight excluding hydrogens is 158 g/mol. The third-order valence-corrected chi connectivity index (χ3v) is 1.90. The van der Waals surface area contributed by atoms with Gasteiger partial charge in [-0.05, 0) is 0 Å². The van der Waals surface area contributed by atoms with Crippen molar-refractivity contribution >= 4 is 5.97 Å². The first-order chi connectivity index (χ1) is 5.72. The van der Waals surface area contributed by atoms with E-state index in [1.807, 2.05) is 4.90 Å². The zero-order valence-corrected chi connectivity index (χ0v) is 7.32. The lowest BCUT2D eigenvalue weighted by Crippen LogP contribution is -2.51. The molecule has 0 aromatic carbocycles. The number of hydrogen-bond donors (Lipinski definition) is 1. The average Bonchev–Trinajstić information content (AvgIpc) is 2.01. The fourth-order valence-corrected chi connectivity index (χ4v) is 1.12. The number of carbonyl (C=O) groups excluding carboxylic acids is 1. The molecule has 1 aliphatic heterocycles. The number of hydrogen-bond acceptors (Lipinski definition) is 4. The second-order valence-electron chi connectivity index (χ2n) is 2.99. The zero-order chi connectivity index (χ0) is 8.97. The third kappa shape index (κ3) is 2.79. The second kappa shape index (κ2) is 4.42. The Hall–Kier alpha value is -0.610. The maximum atomic E-state index is 10.7. The molecule has 0 radical (unpaired) electrons. The number of aliphatic hydroxyl groups excluding tert-OH is 1. The fourth-order valence-electron chi connectivity index (χ4n) is 1.12. The summed E-state index contributed by atoms with van der Waals surface area (Å²) in [4.78, 5) is 12.7. The summed E-state index contributed by atoms with van der Waals surface area (Å²) in [6, 6.07) is 0. The van der Waals surface area contributed by atoms with Crippen molar-refractivity contribution in [1.82, 2.24) is 4.90 Å². The molecular formula is C8H15NO3. The summed E-state index contributed by atoms with van der Waals surface area (Å²) in [6.45, 7) is 4.38. The molecule has 0 bridgehead atoms. The van der Waals surface area contributed by atoms with E-state index in [4.69, 9.17) is 9.84 Å². The predicted molar refractivity (Wildman–Crippen MR) is 43.7 cm³/mol. The van der Waals surface area contributed by atoms with Crippen LogP contribution in [-0.2, 0) is 9.53 Å². The molecule has 12 heavy (non-hydrogen) atoms. The maximum absolute atomic E-state index is 10.7. The monoisotopic (exact) mass is 173 g/mol. The van der Waals surface area contributed by atoms with Crippen LogP contribution in [0.2, 0.25) is 0 Å². The summed E-state index contributed by atoms with van der Waals surface area (Å²) >= 11 is 0. The summed E-state index contributed by atoms with van der Waals surface area (Å²) in [5, 5.41) is 8.92. The first-order valence-corrected chi connectivity index (χ1v) is 4.28. The standard InChI is InChI=1S/C8H15NO3/c1-2-8(11)12-4-3-9-5-7(10)6-9/h7,10H,2-6H2,1H3. The Morgan fingerprint density at radius 1 is 1.67 bits per heavy atom. The Labute approximate surface area is 72.1 Å². The average molecular weight is 173 g/mol. The third-order valence-electron chi connectivity index (χ3n) is 1.90. The van der Waals surface area contributed by atoms with Gasteiger partial charge in [-0.3, -0.25) is 9.69 Å². The van der Waals surface area contributed by atoms with E-state index in [0.29, 0.717) is 26.1 Å². The summed E-state index contributed by atoms with van der Waals surface area (Å²) in [6.07, 6.45) is 0.259. The van der Waals surface area contributed by atoms with Crippen molar-refractivity contribution in [3.05, 3.63) is 0 Å². The molecule has 1 aliphatic rings. The number of esters is 1. The molecule has 0 atom stereocenters. The number of carbonyl (C=O) groups is 1. The highest BCUT2D eigenvalue weighted by Crippen LogP contribution is 2.05. The van der Waals surface area contributed by atoms with E-state index in [1.165, 1.54) is 0 Å². The van der Waals surface area contributed by atoms with Crippen molar-refractivity contribution in [3.8, 4) is 0 Å². The van der Waals surface area contributed by atoms with Crippen molar-refractivity contribution in [2.24, 2.45) is 0 Å². The summed E-state index contributed by atoms with van der Waals surface area (Å²) < 4.78 is 4.87. The minimum Gasteiger partial charge on any atom is -0.464 e. The Morgan fingerprint density at radius 2 is 2.33 bits per heavy atom. The molecule has 4 heteroatoms. The topological polar surface area (TPSA) is 49.8 Å². The summed E-state index contributed by atoms with van der Waals surface area (Å²) in [7, 11) is 0. The first-order valence-electron chi connectivity index (χ1n) is 4.28. The second-order valence-corrected chi connectivity index (χ2v) is 2.99. The van der Waals surface area contributed by atoms with E-state index in [1.54, 1.807) is 6.92 Å². The largest absolute Gasteiger partial charge is 0.464 e. The van der Waals surface area contributed by atoms with Crippen LogP contribution in [0.15, 0.2) is 0 Å². The van der Waals surface area contributed by atoms with Crippen molar-refractivity contribution in [2.75, 3.05) is 26.2 Å². The van der Waals surface area contributed by atoms with Gasteiger partial charge in [0.25, 0.3) is 0 Å². The van der Waals surface area contributed by atoms with E-state index >= 15 is 0 Å². The van der Waals surface area contributed by atoms with Gasteiger partial charge in [-0.1, -0.05) is 6.92 Å². The molecule has 0 aromatic heterocycles. The Morgan fingerprint density at radius 3 is 2.83 bits per heavy atom. The van der Waals surface area contributed by atoms with Crippen molar-refractivity contribution < 1.29 is 14.6 Å². The maximum Gasteiger partial charge on any atom is 0.305 e. The van der Waals surface area contributed by atoms with Crippen molar-refractivity contribution in [3.63, 3.8) is 0 Å². The summed E-state index contributed by atoms with van der Waals surface area (Å²) in [5.41, 5.74) is 0. The van der Waals surface area contributed by atoms with Crippen LogP contribution in [0.4, 0.5) is 0 Å². The van der Waals surface area contributed by atoms with Gasteiger partial charge in [-0.2, -0.15) is 0 Å². The minimum atomic E-state index is -0.174. The van der Waals surface area contributed by atoms with Crippen LogP contribution < -0.4 is 0 Å². The van der Waals surface area contributed by atoms with Crippen LogP contribution in [0.1, 0.15) is 13.3 Å². The highest BCUT2D eigenvalue weighted by molar-refractivity contribution is 5.68. The SMILES string of the molecule is CCC(=O)OCCN1CC(O)C1. The number of rotatable bonds is 4. The molecule has 0 saturated carbocycles. The molecule has 4 nitrogen and oxygen atoms in total. The van der Waals surface area contributed by atoms with Gasteiger partial charge in [0.15, 0.2) is 0 Å². The van der Waals surface area contributed by atoms with Crippen LogP contribution >= 0.6 is 0 Å². The van der Waals surface area contributed by atoms with Crippen LogP contribution in [0.3, 0.4) is 0 Å². The van der Waals surface area contributed by atoms with Gasteiger partial charge in [0.05, 0.1) is 6.10 Å². The number of β-amino-alcohol motifs (C(OH)–C–C–N with tert-alkyl or cyclic N) is 1. The first kappa shape index (κ1) is 9.48. The Balaban J connectivity index is 1.93. The molecule has 0 aromatic rings. The van der Waals surface area contributed by atoms with Gasteiger partial charge in [0.2, 0.25) is 0 Å². The smallest absolute Gasteiger partial charge is 0.305 e. The molecule has 1 N–H and O–H groups in total. The van der Waals surface area contributed by atoms with Crippen LogP contribution in [0.25, 0.3) is 0 Å². The molecule has 0 unspecified atom stereocenters. The number of nitrogens with zero attached hydrogens (tertiary/aromatic N) is 1. The van der Waals surface area contributed by atoms with E-state index in [9.17, 15) is 4.79 Å². The van der Waals surface area contributed by atoms with E-state index in [0.717, 1.165) is 6.54 Å². The molecule has 0 amide bonds. The van der Waals surface area contributed by atoms with Crippen LogP contribution in [-0.4, -0.2) is 48.3 Å². The Bertz CT molecular complexity index is 154. The molecule has 1 rings (SSSR count). The molecule has 1 heterocycles. The lowest BCUT2D eigenvalue weighted by Gasteiger charge is -2.35. The summed E-state index contributed by atoms with van der Waals surface area (Å²) in [5.74, 6) is -0.156. The fraction of sp³-hybridized carbons (Fsp3) is 0.875. The van der Waals surface area contributed by atoms with Gasteiger partial charge in [0, 0.05) is 26.1 Å². The Kier molecular flexibility index (Phi) is 3.49. The minimum absolute atomic E-state index is 0.156. The molecule has 1 fully saturated rings. The van der Waals surface area contributed by atoms with E-state index < -0.39 is 0 Å². The molecule has 70 valence electrons.